The zero-order chi connectivity index (χ0) is 29.0. The van der Waals surface area contributed by atoms with Crippen LogP contribution in [0, 0.1) is 6.92 Å². The number of carbonyl (C=O) groups excluding carboxylic acids is 1. The summed E-state index contributed by atoms with van der Waals surface area (Å²) >= 11 is 0. The lowest BCUT2D eigenvalue weighted by Gasteiger charge is -2.26. The van der Waals surface area contributed by atoms with Gasteiger partial charge in [-0.05, 0) is 63.6 Å². The Bertz CT molecular complexity index is 1510. The van der Waals surface area contributed by atoms with Gasteiger partial charge in [0, 0.05) is 18.5 Å². The molecule has 41 heavy (non-hydrogen) atoms. The van der Waals surface area contributed by atoms with Crippen LogP contribution in [0.1, 0.15) is 76.1 Å². The Labute approximate surface area is 242 Å². The van der Waals surface area contributed by atoms with Crippen molar-refractivity contribution in [2.75, 3.05) is 19.8 Å². The first-order valence-corrected chi connectivity index (χ1v) is 14.7. The molecule has 0 aliphatic carbocycles. The summed E-state index contributed by atoms with van der Waals surface area (Å²) in [5, 5.41) is 9.26. The van der Waals surface area contributed by atoms with E-state index in [0.717, 1.165) is 70.7 Å². The third kappa shape index (κ3) is 6.37. The van der Waals surface area contributed by atoms with Crippen molar-refractivity contribution < 1.29 is 14.3 Å². The van der Waals surface area contributed by atoms with E-state index < -0.39 is 5.54 Å². The normalized spacial score (nSPS) is 13.8. The molecular formula is C33H41N5O3. The molecule has 0 bridgehead atoms. The van der Waals surface area contributed by atoms with Crippen LogP contribution >= 0.6 is 0 Å². The molecule has 1 amide bonds. The Balaban J connectivity index is 1.31. The van der Waals surface area contributed by atoms with Gasteiger partial charge in [0.05, 0.1) is 16.6 Å². The number of aryl methyl sites for hydroxylation is 2. The van der Waals surface area contributed by atoms with Crippen molar-refractivity contribution in [2.24, 2.45) is 0 Å². The standard InChI is InChI=1S/C33H41N5O3/c1-6-8-23(3)30-29-31(25-14-11-22(2)12-15-25)37-38(32(29)36-21-35-30)33(4,5)20-34-28(39)10-7-9-24-13-16-26-27(19-24)41-18-17-40-26/h11-16,19,21,23H,6-10,17-18,20H2,1-5H3,(H,34,39). The highest BCUT2D eigenvalue weighted by atomic mass is 16.6. The summed E-state index contributed by atoms with van der Waals surface area (Å²) in [6.07, 6.45) is 5.75. The molecule has 1 aliphatic heterocycles. The van der Waals surface area contributed by atoms with Crippen LogP contribution in [0.2, 0.25) is 0 Å². The van der Waals surface area contributed by atoms with E-state index in [1.807, 2.05) is 22.9 Å². The van der Waals surface area contributed by atoms with E-state index in [-0.39, 0.29) is 11.8 Å². The second kappa shape index (κ2) is 12.3. The highest BCUT2D eigenvalue weighted by molar-refractivity contribution is 5.93. The number of nitrogens with zero attached hydrogens (tertiary/aromatic N) is 4. The number of ether oxygens (including phenoxy) is 2. The quantitative estimate of drug-likeness (QED) is 0.232. The average molecular weight is 556 g/mol. The highest BCUT2D eigenvalue weighted by Crippen LogP contribution is 2.36. The molecule has 1 aliphatic rings. The van der Waals surface area contributed by atoms with Crippen molar-refractivity contribution in [3.05, 3.63) is 65.6 Å². The average Bonchev–Trinajstić information content (AvgIpc) is 3.37. The summed E-state index contributed by atoms with van der Waals surface area (Å²) < 4.78 is 13.3. The fourth-order valence-corrected chi connectivity index (χ4v) is 5.43. The number of amides is 1. The SMILES string of the molecule is CCCC(C)c1ncnc2c1c(-c1ccc(C)cc1)nn2C(C)(C)CNC(=O)CCCc1ccc2c(c1)OCCO2. The number of rotatable bonds is 11. The minimum Gasteiger partial charge on any atom is -0.486 e. The van der Waals surface area contributed by atoms with Gasteiger partial charge in [-0.25, -0.2) is 14.6 Å². The van der Waals surface area contributed by atoms with E-state index in [1.54, 1.807) is 6.33 Å². The van der Waals surface area contributed by atoms with Crippen molar-refractivity contribution in [3.63, 3.8) is 0 Å². The van der Waals surface area contributed by atoms with Crippen LogP contribution in [0.25, 0.3) is 22.3 Å². The van der Waals surface area contributed by atoms with Gasteiger partial charge in [-0.2, -0.15) is 5.10 Å². The van der Waals surface area contributed by atoms with Crippen LogP contribution in [-0.2, 0) is 16.8 Å². The van der Waals surface area contributed by atoms with E-state index in [1.165, 1.54) is 5.56 Å². The first kappa shape index (κ1) is 28.6. The van der Waals surface area contributed by atoms with Crippen molar-refractivity contribution >= 4 is 16.9 Å². The summed E-state index contributed by atoms with van der Waals surface area (Å²) in [6.45, 7) is 12.3. The lowest BCUT2D eigenvalue weighted by molar-refractivity contribution is -0.121. The number of benzene rings is 2. The third-order valence-corrected chi connectivity index (χ3v) is 7.77. The van der Waals surface area contributed by atoms with Gasteiger partial charge in [0.2, 0.25) is 5.91 Å². The van der Waals surface area contributed by atoms with E-state index in [2.05, 4.69) is 64.2 Å². The number of carbonyl (C=O) groups is 1. The van der Waals surface area contributed by atoms with E-state index in [0.29, 0.717) is 26.2 Å². The van der Waals surface area contributed by atoms with Gasteiger partial charge >= 0.3 is 0 Å². The summed E-state index contributed by atoms with van der Waals surface area (Å²) in [7, 11) is 0. The van der Waals surface area contributed by atoms with Crippen molar-refractivity contribution in [3.8, 4) is 22.8 Å². The zero-order valence-electron chi connectivity index (χ0n) is 24.9. The number of nitrogens with one attached hydrogen (secondary N) is 1. The Morgan fingerprint density at radius 3 is 2.59 bits per heavy atom. The zero-order valence-corrected chi connectivity index (χ0v) is 24.9. The molecule has 216 valence electrons. The molecule has 2 aromatic heterocycles. The molecule has 5 rings (SSSR count). The molecule has 0 saturated carbocycles. The molecule has 8 nitrogen and oxygen atoms in total. The number of hydrogen-bond donors (Lipinski definition) is 1. The molecule has 8 heteroatoms. The van der Waals surface area contributed by atoms with Gasteiger partial charge in [0.1, 0.15) is 25.2 Å². The molecule has 0 fully saturated rings. The summed E-state index contributed by atoms with van der Waals surface area (Å²) in [4.78, 5) is 22.3. The van der Waals surface area contributed by atoms with Crippen molar-refractivity contribution in [1.82, 2.24) is 25.1 Å². The molecule has 0 saturated heterocycles. The minimum atomic E-state index is -0.508. The monoisotopic (exact) mass is 555 g/mol. The molecule has 1 N–H and O–H groups in total. The fraction of sp³-hybridized carbons (Fsp3) is 0.455. The van der Waals surface area contributed by atoms with Gasteiger partial charge in [-0.3, -0.25) is 4.79 Å². The summed E-state index contributed by atoms with van der Waals surface area (Å²) in [5.41, 5.74) is 5.58. The van der Waals surface area contributed by atoms with Gasteiger partial charge in [0.25, 0.3) is 0 Å². The number of aromatic nitrogens is 4. The van der Waals surface area contributed by atoms with Gasteiger partial charge < -0.3 is 14.8 Å². The smallest absolute Gasteiger partial charge is 0.220 e. The predicted molar refractivity (Wildman–Crippen MR) is 162 cm³/mol. The van der Waals surface area contributed by atoms with E-state index >= 15 is 0 Å². The molecule has 1 unspecified atom stereocenters. The maximum absolute atomic E-state index is 12.9. The van der Waals surface area contributed by atoms with Crippen molar-refractivity contribution in [1.29, 1.82) is 0 Å². The van der Waals surface area contributed by atoms with E-state index in [9.17, 15) is 4.79 Å². The third-order valence-electron chi connectivity index (χ3n) is 7.77. The van der Waals surface area contributed by atoms with Gasteiger partial charge in [-0.1, -0.05) is 56.2 Å². The molecule has 0 spiro atoms. The van der Waals surface area contributed by atoms with Crippen LogP contribution in [0.5, 0.6) is 11.5 Å². The largest absolute Gasteiger partial charge is 0.486 e. The molecular weight excluding hydrogens is 514 g/mol. The highest BCUT2D eigenvalue weighted by Gasteiger charge is 2.29. The number of hydrogen-bond acceptors (Lipinski definition) is 6. The Kier molecular flexibility index (Phi) is 8.57. The fourth-order valence-electron chi connectivity index (χ4n) is 5.43. The lowest BCUT2D eigenvalue weighted by Crippen LogP contribution is -2.41. The Hall–Kier alpha value is -3.94. The number of fused-ring (bicyclic) bond motifs is 2. The topological polar surface area (TPSA) is 91.2 Å². The maximum atomic E-state index is 12.9. The van der Waals surface area contributed by atoms with Crippen LogP contribution < -0.4 is 14.8 Å². The first-order chi connectivity index (χ1) is 19.8. The van der Waals surface area contributed by atoms with E-state index in [4.69, 9.17) is 24.5 Å². The van der Waals surface area contributed by atoms with Gasteiger partial charge in [-0.15, -0.1) is 0 Å². The van der Waals surface area contributed by atoms with Crippen molar-refractivity contribution in [2.45, 2.75) is 78.2 Å². The second-order valence-corrected chi connectivity index (χ2v) is 11.7. The molecule has 4 aromatic rings. The first-order valence-electron chi connectivity index (χ1n) is 14.7. The Morgan fingerprint density at radius 1 is 1.07 bits per heavy atom. The summed E-state index contributed by atoms with van der Waals surface area (Å²) in [5.74, 6) is 1.88. The lowest BCUT2D eigenvalue weighted by atomic mass is 9.97. The molecule has 1 atom stereocenters. The van der Waals surface area contributed by atoms with Gasteiger partial charge in [0.15, 0.2) is 17.1 Å². The predicted octanol–water partition coefficient (Wildman–Crippen LogP) is 6.35. The second-order valence-electron chi connectivity index (χ2n) is 11.7. The van der Waals surface area contributed by atoms with Crippen LogP contribution in [0.15, 0.2) is 48.8 Å². The molecule has 0 radical (unpaired) electrons. The maximum Gasteiger partial charge on any atom is 0.220 e. The summed E-state index contributed by atoms with van der Waals surface area (Å²) in [6, 6.07) is 14.4. The van der Waals surface area contributed by atoms with Crippen LogP contribution in [-0.4, -0.2) is 45.4 Å². The Morgan fingerprint density at radius 2 is 1.83 bits per heavy atom. The molecule has 2 aromatic carbocycles. The molecule has 3 heterocycles. The van der Waals surface area contributed by atoms with Crippen LogP contribution in [0.4, 0.5) is 0 Å². The van der Waals surface area contributed by atoms with Crippen LogP contribution in [0.3, 0.4) is 0 Å². The minimum absolute atomic E-state index is 0.0257.